The van der Waals surface area contributed by atoms with Gasteiger partial charge in [-0.25, -0.2) is 4.68 Å². The second-order valence-corrected chi connectivity index (χ2v) is 4.37. The van der Waals surface area contributed by atoms with Gasteiger partial charge in [0.25, 0.3) is 0 Å². The van der Waals surface area contributed by atoms with E-state index in [-0.39, 0.29) is 0 Å². The van der Waals surface area contributed by atoms with Crippen LogP contribution in [0.5, 0.6) is 5.75 Å². The minimum atomic E-state index is 0.299. The number of fused-ring (bicyclic) bond motifs is 1. The van der Waals surface area contributed by atoms with E-state index in [1.165, 1.54) is 0 Å². The topological polar surface area (TPSA) is 57.0 Å². The van der Waals surface area contributed by atoms with E-state index in [1.54, 1.807) is 4.68 Å². The van der Waals surface area contributed by atoms with Crippen molar-refractivity contribution in [1.29, 1.82) is 0 Å². The van der Waals surface area contributed by atoms with Crippen LogP contribution >= 0.6 is 0 Å². The molecule has 0 saturated heterocycles. The van der Waals surface area contributed by atoms with Crippen LogP contribution < -0.4 is 4.74 Å². The molecule has 3 rings (SSSR count). The monoisotopic (exact) mass is 267 g/mol. The number of ether oxygens (including phenoxy) is 1. The first-order chi connectivity index (χ1) is 9.86. The van der Waals surface area contributed by atoms with Gasteiger partial charge in [-0.3, -0.25) is 0 Å². The number of hydrogen-bond acceptors (Lipinski definition) is 4. The molecule has 5 heteroatoms. The molecule has 2 aromatic carbocycles. The highest BCUT2D eigenvalue weighted by Crippen LogP contribution is 2.14. The summed E-state index contributed by atoms with van der Waals surface area (Å²) >= 11 is 0. The van der Waals surface area contributed by atoms with Crippen molar-refractivity contribution in [2.24, 2.45) is 0 Å². The van der Waals surface area contributed by atoms with Crippen LogP contribution in [-0.2, 0) is 17.9 Å². The molecule has 0 fully saturated rings. The van der Waals surface area contributed by atoms with Crippen molar-refractivity contribution in [3.05, 3.63) is 54.1 Å². The summed E-state index contributed by atoms with van der Waals surface area (Å²) in [6, 6.07) is 15.2. The Morgan fingerprint density at radius 2 is 1.90 bits per heavy atom. The summed E-state index contributed by atoms with van der Waals surface area (Å²) in [5, 5.41) is 8.12. The molecule has 0 aliphatic heterocycles. The molecule has 0 saturated carbocycles. The van der Waals surface area contributed by atoms with E-state index in [4.69, 9.17) is 4.74 Å². The Kier molecular flexibility index (Phi) is 3.41. The number of benzene rings is 2. The molecule has 20 heavy (non-hydrogen) atoms. The van der Waals surface area contributed by atoms with Gasteiger partial charge in [0.15, 0.2) is 6.73 Å². The second-order valence-electron chi connectivity index (χ2n) is 4.37. The van der Waals surface area contributed by atoms with Gasteiger partial charge in [0.05, 0.1) is 5.52 Å². The number of carbonyl (C=O) groups is 1. The molecule has 0 unspecified atom stereocenters. The summed E-state index contributed by atoms with van der Waals surface area (Å²) in [5.41, 5.74) is 2.75. The minimum absolute atomic E-state index is 0.299. The van der Waals surface area contributed by atoms with Gasteiger partial charge >= 0.3 is 0 Å². The summed E-state index contributed by atoms with van der Waals surface area (Å²) in [4.78, 5) is 10.4. The van der Waals surface area contributed by atoms with E-state index >= 15 is 0 Å². The Labute approximate surface area is 115 Å². The summed E-state index contributed by atoms with van der Waals surface area (Å²) in [6.07, 6.45) is 1.31. The van der Waals surface area contributed by atoms with Crippen molar-refractivity contribution >= 4 is 17.3 Å². The van der Waals surface area contributed by atoms with Gasteiger partial charge in [-0.15, -0.1) is 5.10 Å². The fourth-order valence-electron chi connectivity index (χ4n) is 1.97. The first-order valence-electron chi connectivity index (χ1n) is 6.30. The van der Waals surface area contributed by atoms with Crippen molar-refractivity contribution in [3.63, 3.8) is 0 Å². The molecule has 0 aliphatic carbocycles. The molecule has 0 radical (unpaired) electrons. The molecule has 100 valence electrons. The zero-order chi connectivity index (χ0) is 13.8. The smallest absolute Gasteiger partial charge is 0.183 e. The molecule has 0 N–H and O–H groups in total. The number of hydrogen-bond donors (Lipinski definition) is 0. The number of nitrogens with zero attached hydrogens (tertiary/aromatic N) is 3. The Bertz CT molecular complexity index is 719. The summed E-state index contributed by atoms with van der Waals surface area (Å²) in [6.45, 7) is 0.299. The number of para-hydroxylation sites is 1. The third kappa shape index (κ3) is 2.51. The quantitative estimate of drug-likeness (QED) is 0.665. The molecule has 0 bridgehead atoms. The number of aromatic nitrogens is 3. The average Bonchev–Trinajstić information content (AvgIpc) is 2.90. The molecule has 1 aromatic heterocycles. The van der Waals surface area contributed by atoms with Gasteiger partial charge in [0.1, 0.15) is 17.6 Å². The van der Waals surface area contributed by atoms with Crippen molar-refractivity contribution in [3.8, 4) is 5.75 Å². The van der Waals surface area contributed by atoms with Crippen LogP contribution in [0, 0.1) is 0 Å². The van der Waals surface area contributed by atoms with Crippen molar-refractivity contribution in [2.75, 3.05) is 0 Å². The van der Waals surface area contributed by atoms with Crippen LogP contribution in [0.4, 0.5) is 0 Å². The number of carbonyl (C=O) groups excluding carboxylic acids is 1. The fraction of sp³-hybridized carbons (Fsp3) is 0.133. The molecular formula is C15H13N3O2. The van der Waals surface area contributed by atoms with E-state index < -0.39 is 0 Å². The van der Waals surface area contributed by atoms with Crippen LogP contribution in [0.1, 0.15) is 5.56 Å². The van der Waals surface area contributed by atoms with Crippen LogP contribution in [-0.4, -0.2) is 21.3 Å². The average molecular weight is 267 g/mol. The fourth-order valence-corrected chi connectivity index (χ4v) is 1.97. The predicted octanol–water partition coefficient (Wildman–Crippen LogP) is 2.21. The number of rotatable bonds is 5. The highest BCUT2D eigenvalue weighted by Gasteiger charge is 2.03. The Balaban J connectivity index is 1.71. The maximum absolute atomic E-state index is 10.4. The molecule has 0 spiro atoms. The predicted molar refractivity (Wildman–Crippen MR) is 74.4 cm³/mol. The van der Waals surface area contributed by atoms with E-state index in [0.29, 0.717) is 13.2 Å². The van der Waals surface area contributed by atoms with E-state index in [1.807, 2.05) is 48.5 Å². The van der Waals surface area contributed by atoms with E-state index in [9.17, 15) is 4.79 Å². The molecule has 1 heterocycles. The first kappa shape index (κ1) is 12.3. The SMILES string of the molecule is O=CCc1ccc(OCn2nnc3ccccc32)cc1. The van der Waals surface area contributed by atoms with Gasteiger partial charge in [0, 0.05) is 6.42 Å². The third-order valence-corrected chi connectivity index (χ3v) is 3.02. The maximum Gasteiger partial charge on any atom is 0.183 e. The third-order valence-electron chi connectivity index (χ3n) is 3.02. The molecular weight excluding hydrogens is 254 g/mol. The largest absolute Gasteiger partial charge is 0.471 e. The Morgan fingerprint density at radius 1 is 1.10 bits per heavy atom. The van der Waals surface area contributed by atoms with Gasteiger partial charge in [-0.2, -0.15) is 0 Å². The summed E-state index contributed by atoms with van der Waals surface area (Å²) in [7, 11) is 0. The second kappa shape index (κ2) is 5.52. The van der Waals surface area contributed by atoms with Crippen LogP contribution in [0.3, 0.4) is 0 Å². The molecule has 5 nitrogen and oxygen atoms in total. The zero-order valence-electron chi connectivity index (χ0n) is 10.8. The van der Waals surface area contributed by atoms with Crippen molar-refractivity contribution in [2.45, 2.75) is 13.2 Å². The highest BCUT2D eigenvalue weighted by atomic mass is 16.5. The normalized spacial score (nSPS) is 10.6. The zero-order valence-corrected chi connectivity index (χ0v) is 10.8. The van der Waals surface area contributed by atoms with Gasteiger partial charge in [-0.05, 0) is 29.8 Å². The first-order valence-corrected chi connectivity index (χ1v) is 6.30. The Hall–Kier alpha value is -2.69. The van der Waals surface area contributed by atoms with E-state index in [2.05, 4.69) is 10.3 Å². The van der Waals surface area contributed by atoms with Gasteiger partial charge in [0.2, 0.25) is 0 Å². The minimum Gasteiger partial charge on any atom is -0.471 e. The van der Waals surface area contributed by atoms with Crippen molar-refractivity contribution < 1.29 is 9.53 Å². The van der Waals surface area contributed by atoms with Crippen LogP contribution in [0.15, 0.2) is 48.5 Å². The maximum atomic E-state index is 10.4. The molecule has 0 amide bonds. The molecule has 0 atom stereocenters. The summed E-state index contributed by atoms with van der Waals surface area (Å²) < 4.78 is 7.37. The number of aldehydes is 1. The lowest BCUT2D eigenvalue weighted by Crippen LogP contribution is -2.06. The standard InChI is InChI=1S/C15H13N3O2/c19-10-9-12-5-7-13(8-6-12)20-11-18-15-4-2-1-3-14(15)16-17-18/h1-8,10H,9,11H2. The van der Waals surface area contributed by atoms with Gasteiger partial charge < -0.3 is 9.53 Å². The van der Waals surface area contributed by atoms with Gasteiger partial charge in [-0.1, -0.05) is 29.5 Å². The van der Waals surface area contributed by atoms with Crippen LogP contribution in [0.25, 0.3) is 11.0 Å². The van der Waals surface area contributed by atoms with E-state index in [0.717, 1.165) is 28.6 Å². The van der Waals surface area contributed by atoms with Crippen molar-refractivity contribution in [1.82, 2.24) is 15.0 Å². The summed E-state index contributed by atoms with van der Waals surface area (Å²) in [5.74, 6) is 0.735. The van der Waals surface area contributed by atoms with Crippen LogP contribution in [0.2, 0.25) is 0 Å². The highest BCUT2D eigenvalue weighted by molar-refractivity contribution is 5.73. The lowest BCUT2D eigenvalue weighted by molar-refractivity contribution is -0.107. The lowest BCUT2D eigenvalue weighted by atomic mass is 10.2. The lowest BCUT2D eigenvalue weighted by Gasteiger charge is -2.06. The Morgan fingerprint density at radius 3 is 2.70 bits per heavy atom. The molecule has 3 aromatic rings. The molecule has 0 aliphatic rings.